The van der Waals surface area contributed by atoms with Crippen LogP contribution in [0.3, 0.4) is 0 Å². The summed E-state index contributed by atoms with van der Waals surface area (Å²) >= 11 is 0. The van der Waals surface area contributed by atoms with Crippen LogP contribution in [0, 0.1) is 12.8 Å². The molecule has 0 aromatic heterocycles. The third-order valence-electron chi connectivity index (χ3n) is 3.19. The van der Waals surface area contributed by atoms with E-state index in [9.17, 15) is 0 Å². The largest absolute Gasteiger partial charge is 1.00 e. The van der Waals surface area contributed by atoms with Gasteiger partial charge in [0, 0.05) is 19.5 Å². The van der Waals surface area contributed by atoms with Gasteiger partial charge in [0.15, 0.2) is 0 Å². The third kappa shape index (κ3) is 13.8. The molecule has 26 heavy (non-hydrogen) atoms. The molecule has 0 aliphatic rings. The number of hydrogen-bond acceptors (Lipinski definition) is 0. The minimum absolute atomic E-state index is 0. The van der Waals surface area contributed by atoms with Gasteiger partial charge in [-0.1, -0.05) is 82.7 Å². The van der Waals surface area contributed by atoms with Crippen molar-refractivity contribution < 1.29 is 38.3 Å². The molecule has 0 amide bonds. The molecular formula is C23H33LiSiZn-. The first-order valence-electron chi connectivity index (χ1n) is 8.70. The molecule has 133 valence electrons. The predicted molar refractivity (Wildman–Crippen MR) is 113 cm³/mol. The van der Waals surface area contributed by atoms with E-state index in [1.165, 1.54) is 22.0 Å². The van der Waals surface area contributed by atoms with Crippen molar-refractivity contribution in [2.45, 2.75) is 47.6 Å². The predicted octanol–water partition coefficient (Wildman–Crippen LogP) is 2.72. The Hall–Kier alpha value is -0.382. The van der Waals surface area contributed by atoms with Gasteiger partial charge in [-0.05, 0) is 19.9 Å². The molecule has 0 aliphatic carbocycles. The van der Waals surface area contributed by atoms with E-state index in [0.29, 0.717) is 0 Å². The SMILES string of the molecule is C/C=C(\C)C[Si](c1ccccc1)c1ccccc1.C[CH-]C.C[CH-]C.[Li+].[Zn]. The van der Waals surface area contributed by atoms with Crippen LogP contribution in [-0.4, -0.2) is 8.80 Å². The van der Waals surface area contributed by atoms with Gasteiger partial charge in [-0.2, -0.15) is 27.7 Å². The Kier molecular flexibility index (Phi) is 24.4. The summed E-state index contributed by atoms with van der Waals surface area (Å²) in [7, 11) is -0.679. The Labute approximate surface area is 189 Å². The molecule has 3 heteroatoms. The minimum Gasteiger partial charge on any atom is -0.335 e. The van der Waals surface area contributed by atoms with Crippen molar-refractivity contribution in [1.82, 2.24) is 0 Å². The average Bonchev–Trinajstić information content (AvgIpc) is 2.62. The van der Waals surface area contributed by atoms with Crippen LogP contribution in [0.1, 0.15) is 41.5 Å². The van der Waals surface area contributed by atoms with Crippen LogP contribution in [0.5, 0.6) is 0 Å². The number of benzene rings is 2. The number of hydrogen-bond donors (Lipinski definition) is 0. The van der Waals surface area contributed by atoms with E-state index < -0.39 is 8.80 Å². The molecule has 0 fully saturated rings. The maximum Gasteiger partial charge on any atom is 1.00 e. The molecule has 0 aliphatic heterocycles. The van der Waals surface area contributed by atoms with E-state index in [1.807, 2.05) is 40.5 Å². The topological polar surface area (TPSA) is 0 Å². The molecule has 1 radical (unpaired) electrons. The Morgan fingerprint density at radius 2 is 1.12 bits per heavy atom. The van der Waals surface area contributed by atoms with Crippen LogP contribution in [0.25, 0.3) is 0 Å². The summed E-state index contributed by atoms with van der Waals surface area (Å²) < 4.78 is 0. The Morgan fingerprint density at radius 3 is 1.38 bits per heavy atom. The van der Waals surface area contributed by atoms with Crippen molar-refractivity contribution in [1.29, 1.82) is 0 Å². The van der Waals surface area contributed by atoms with Crippen molar-refractivity contribution in [2.75, 3.05) is 0 Å². The van der Waals surface area contributed by atoms with Gasteiger partial charge < -0.3 is 12.8 Å². The molecule has 0 N–H and O–H groups in total. The first-order valence-corrected chi connectivity index (χ1v) is 10.4. The molecular weight excluding hydrogens is 377 g/mol. The normalized spacial score (nSPS) is 9.58. The van der Waals surface area contributed by atoms with Gasteiger partial charge in [0.05, 0.1) is 0 Å². The molecule has 0 bridgehead atoms. The monoisotopic (exact) mass is 408 g/mol. The van der Waals surface area contributed by atoms with Crippen molar-refractivity contribution >= 4 is 19.2 Å². The van der Waals surface area contributed by atoms with Gasteiger partial charge in [0.2, 0.25) is 0 Å². The van der Waals surface area contributed by atoms with Gasteiger partial charge >= 0.3 is 18.9 Å². The van der Waals surface area contributed by atoms with Gasteiger partial charge in [0.1, 0.15) is 8.80 Å². The number of rotatable bonds is 4. The third-order valence-corrected chi connectivity index (χ3v) is 6.16. The Balaban J connectivity index is -0.000000586. The molecule has 0 spiro atoms. The molecule has 0 saturated carbocycles. The van der Waals surface area contributed by atoms with E-state index in [-0.39, 0.29) is 38.3 Å². The van der Waals surface area contributed by atoms with Gasteiger partial charge in [-0.25, -0.2) is 0 Å². The maximum absolute atomic E-state index is 2.27. The molecule has 2 aromatic carbocycles. The Morgan fingerprint density at radius 1 is 0.808 bits per heavy atom. The fraction of sp³-hybridized carbons (Fsp3) is 0.304. The molecule has 0 unspecified atom stereocenters. The summed E-state index contributed by atoms with van der Waals surface area (Å²) in [5, 5.41) is 2.99. The van der Waals surface area contributed by atoms with E-state index >= 15 is 0 Å². The Bertz CT molecular complexity index is 499. The molecule has 0 heterocycles. The standard InChI is InChI=1S/C17H19Si.2C3H7.Li.Zn/c1-3-15(2)14-18(16-10-6-4-7-11-16)17-12-8-5-9-13-17;2*1-3-2;;/h3-13H,14H2,1-2H3;2*3H,1-2H3;;/q;2*-1;+1;/b15-3+;;;;. The summed E-state index contributed by atoms with van der Waals surface area (Å²) in [5.41, 5.74) is 1.48. The van der Waals surface area contributed by atoms with Crippen LogP contribution < -0.4 is 29.2 Å². The summed E-state index contributed by atoms with van der Waals surface area (Å²) in [4.78, 5) is 0. The first kappa shape index (κ1) is 30.3. The summed E-state index contributed by atoms with van der Waals surface area (Å²) in [6.45, 7) is 12.4. The van der Waals surface area contributed by atoms with Crippen LogP contribution >= 0.6 is 0 Å². The van der Waals surface area contributed by atoms with Crippen LogP contribution in [0.15, 0.2) is 72.3 Å². The minimum atomic E-state index is -0.679. The van der Waals surface area contributed by atoms with Crippen molar-refractivity contribution in [3.63, 3.8) is 0 Å². The van der Waals surface area contributed by atoms with Gasteiger partial charge in [-0.15, -0.1) is 0 Å². The molecule has 0 saturated heterocycles. The summed E-state index contributed by atoms with van der Waals surface area (Å²) in [5.74, 6) is 0. The second-order valence-corrected chi connectivity index (χ2v) is 8.14. The fourth-order valence-electron chi connectivity index (χ4n) is 2.03. The zero-order chi connectivity index (χ0) is 18.2. The second kappa shape index (κ2) is 20.9. The molecule has 2 rings (SSSR count). The quantitative estimate of drug-likeness (QED) is 0.414. The molecule has 0 nitrogen and oxygen atoms in total. The van der Waals surface area contributed by atoms with Crippen molar-refractivity contribution in [3.8, 4) is 0 Å². The van der Waals surface area contributed by atoms with Crippen LogP contribution in [0.2, 0.25) is 6.04 Å². The van der Waals surface area contributed by atoms with Gasteiger partial charge in [-0.3, -0.25) is 0 Å². The smallest absolute Gasteiger partial charge is 0.335 e. The van der Waals surface area contributed by atoms with Crippen LogP contribution in [0.4, 0.5) is 0 Å². The molecule has 0 atom stereocenters. The first-order chi connectivity index (χ1) is 11.6. The zero-order valence-electron chi connectivity index (χ0n) is 17.9. The number of allylic oxidation sites excluding steroid dienone is 2. The maximum atomic E-state index is 2.27. The summed E-state index contributed by atoms with van der Waals surface area (Å²) in [6, 6.07) is 23.0. The summed E-state index contributed by atoms with van der Waals surface area (Å²) in [6.07, 6.45) is 6.23. The van der Waals surface area contributed by atoms with E-state index in [0.717, 1.165) is 0 Å². The van der Waals surface area contributed by atoms with Gasteiger partial charge in [0.25, 0.3) is 0 Å². The molecule has 2 aromatic rings. The van der Waals surface area contributed by atoms with E-state index in [1.54, 1.807) is 0 Å². The van der Waals surface area contributed by atoms with Crippen LogP contribution in [-0.2, 0) is 19.5 Å². The van der Waals surface area contributed by atoms with Crippen molar-refractivity contribution in [2.24, 2.45) is 0 Å². The average molecular weight is 410 g/mol. The van der Waals surface area contributed by atoms with E-state index in [4.69, 9.17) is 0 Å². The fourth-order valence-corrected chi connectivity index (χ4v) is 4.72. The zero-order valence-corrected chi connectivity index (χ0v) is 21.9. The van der Waals surface area contributed by atoms with E-state index in [2.05, 4.69) is 80.6 Å². The van der Waals surface area contributed by atoms with Crippen molar-refractivity contribution in [3.05, 3.63) is 85.2 Å². The second-order valence-electron chi connectivity index (χ2n) is 5.68.